The highest BCUT2D eigenvalue weighted by Gasteiger charge is 2.24. The van der Waals surface area contributed by atoms with Crippen LogP contribution in [0.15, 0.2) is 36.5 Å². The Kier molecular flexibility index (Phi) is 7.45. The number of ether oxygens (including phenoxy) is 1. The molecule has 2 aromatic heterocycles. The van der Waals surface area contributed by atoms with Crippen molar-refractivity contribution in [3.8, 4) is 5.75 Å². The molecule has 0 bridgehead atoms. The molecule has 7 nitrogen and oxygen atoms in total. The van der Waals surface area contributed by atoms with Gasteiger partial charge in [-0.05, 0) is 67.9 Å². The van der Waals surface area contributed by atoms with Crippen molar-refractivity contribution in [1.29, 1.82) is 0 Å². The molecule has 0 amide bonds. The molecule has 0 aliphatic carbocycles. The van der Waals surface area contributed by atoms with Gasteiger partial charge in [0, 0.05) is 31.2 Å². The van der Waals surface area contributed by atoms with Crippen LogP contribution in [0.3, 0.4) is 0 Å². The highest BCUT2D eigenvalue weighted by atomic mass is 19.1. The van der Waals surface area contributed by atoms with Crippen LogP contribution < -0.4 is 10.1 Å². The summed E-state index contributed by atoms with van der Waals surface area (Å²) in [5, 5.41) is 12.8. The zero-order valence-electron chi connectivity index (χ0n) is 19.7. The summed E-state index contributed by atoms with van der Waals surface area (Å²) in [7, 11) is 3.29. The number of halogens is 1. The number of methoxy groups -OCH3 is 1. The van der Waals surface area contributed by atoms with E-state index in [-0.39, 0.29) is 12.2 Å². The van der Waals surface area contributed by atoms with E-state index in [1.807, 2.05) is 11.6 Å². The van der Waals surface area contributed by atoms with Crippen LogP contribution in [0.4, 0.5) is 10.2 Å². The first-order valence-electron chi connectivity index (χ1n) is 11.7. The molecule has 3 heterocycles. The van der Waals surface area contributed by atoms with E-state index >= 15 is 0 Å². The van der Waals surface area contributed by atoms with Gasteiger partial charge in [0.1, 0.15) is 11.6 Å². The Labute approximate surface area is 199 Å². The fourth-order valence-electron chi connectivity index (χ4n) is 4.57. The summed E-state index contributed by atoms with van der Waals surface area (Å²) >= 11 is 0. The van der Waals surface area contributed by atoms with Crippen LogP contribution in [0.25, 0.3) is 0 Å². The Morgan fingerprint density at radius 1 is 1.26 bits per heavy atom. The van der Waals surface area contributed by atoms with Crippen molar-refractivity contribution in [1.82, 2.24) is 14.5 Å². The summed E-state index contributed by atoms with van der Waals surface area (Å²) in [6.45, 7) is 0.984. The lowest BCUT2D eigenvalue weighted by molar-refractivity contribution is -0.137. The third kappa shape index (κ3) is 5.38. The van der Waals surface area contributed by atoms with Crippen molar-refractivity contribution < 1.29 is 19.0 Å². The summed E-state index contributed by atoms with van der Waals surface area (Å²) in [6, 6.07) is 8.86. The number of carbonyl (C=O) groups is 1. The zero-order valence-corrected chi connectivity index (χ0v) is 19.7. The van der Waals surface area contributed by atoms with Crippen molar-refractivity contribution in [3.05, 3.63) is 70.7 Å². The first-order valence-corrected chi connectivity index (χ1v) is 11.7. The standard InChI is InChI=1S/C26H31FN4O3/c1-31-20(8-4-3-7-19-11-9-17-6-5-13-28-25(17)30-19)16-29-26(31)21(15-24(32)33)18-10-12-23(34-2)22(27)14-18/h9-12,14,16,21H,3-8,13,15H2,1-2H3,(H,28,30)(H,32,33)/t21-/m0/s1. The molecule has 0 spiro atoms. The van der Waals surface area contributed by atoms with Gasteiger partial charge in [0.05, 0.1) is 19.4 Å². The number of aliphatic carboxylic acids is 1. The number of carboxylic acid groups (broad SMARTS) is 1. The highest BCUT2D eigenvalue weighted by molar-refractivity contribution is 5.68. The van der Waals surface area contributed by atoms with E-state index in [1.54, 1.807) is 12.3 Å². The number of unbranched alkanes of at least 4 members (excludes halogenated alkanes) is 1. The maximum absolute atomic E-state index is 14.3. The third-order valence-corrected chi connectivity index (χ3v) is 6.46. The fourth-order valence-corrected chi connectivity index (χ4v) is 4.57. The van der Waals surface area contributed by atoms with Gasteiger partial charge in [-0.25, -0.2) is 14.4 Å². The van der Waals surface area contributed by atoms with Gasteiger partial charge in [0.2, 0.25) is 0 Å². The molecule has 1 aliphatic rings. The number of benzene rings is 1. The van der Waals surface area contributed by atoms with Gasteiger partial charge in [-0.1, -0.05) is 12.1 Å². The smallest absolute Gasteiger partial charge is 0.304 e. The topological polar surface area (TPSA) is 89.3 Å². The van der Waals surface area contributed by atoms with E-state index in [2.05, 4.69) is 22.4 Å². The van der Waals surface area contributed by atoms with Crippen molar-refractivity contribution >= 4 is 11.8 Å². The van der Waals surface area contributed by atoms with E-state index in [9.17, 15) is 14.3 Å². The monoisotopic (exact) mass is 466 g/mol. The fraction of sp³-hybridized carbons (Fsp3) is 0.423. The van der Waals surface area contributed by atoms with Crippen LogP contribution in [-0.2, 0) is 31.1 Å². The number of imidazole rings is 1. The van der Waals surface area contributed by atoms with Gasteiger partial charge >= 0.3 is 5.97 Å². The van der Waals surface area contributed by atoms with Crippen molar-refractivity contribution in [2.45, 2.75) is 50.9 Å². The quantitative estimate of drug-likeness (QED) is 0.428. The Morgan fingerprint density at radius 2 is 2.09 bits per heavy atom. The number of fused-ring (bicyclic) bond motifs is 1. The average Bonchev–Trinajstić information content (AvgIpc) is 3.20. The third-order valence-electron chi connectivity index (χ3n) is 6.46. The largest absolute Gasteiger partial charge is 0.494 e. The number of pyridine rings is 1. The predicted octanol–water partition coefficient (Wildman–Crippen LogP) is 4.49. The lowest BCUT2D eigenvalue weighted by Crippen LogP contribution is -2.14. The van der Waals surface area contributed by atoms with E-state index < -0.39 is 17.7 Å². The number of hydrogen-bond donors (Lipinski definition) is 2. The number of anilines is 1. The molecule has 0 fully saturated rings. The summed E-state index contributed by atoms with van der Waals surface area (Å²) in [4.78, 5) is 20.8. The number of aromatic nitrogens is 3. The minimum atomic E-state index is -0.960. The number of rotatable bonds is 10. The molecular formula is C26H31FN4O3. The minimum Gasteiger partial charge on any atom is -0.494 e. The second-order valence-corrected chi connectivity index (χ2v) is 8.76. The Hall–Kier alpha value is -3.42. The molecule has 4 rings (SSSR count). The summed E-state index contributed by atoms with van der Waals surface area (Å²) in [5.74, 6) is -0.260. The first-order chi connectivity index (χ1) is 16.5. The maximum Gasteiger partial charge on any atom is 0.304 e. The molecule has 1 atom stereocenters. The van der Waals surface area contributed by atoms with Crippen molar-refractivity contribution in [2.75, 3.05) is 19.0 Å². The minimum absolute atomic E-state index is 0.127. The normalized spacial score (nSPS) is 13.7. The molecule has 8 heteroatoms. The molecule has 34 heavy (non-hydrogen) atoms. The number of nitrogens with zero attached hydrogens (tertiary/aromatic N) is 3. The second-order valence-electron chi connectivity index (χ2n) is 8.76. The Morgan fingerprint density at radius 3 is 2.85 bits per heavy atom. The first kappa shape index (κ1) is 23.7. The molecule has 2 N–H and O–H groups in total. The van der Waals surface area contributed by atoms with E-state index in [1.165, 1.54) is 24.8 Å². The van der Waals surface area contributed by atoms with Crippen LogP contribution >= 0.6 is 0 Å². The van der Waals surface area contributed by atoms with Crippen molar-refractivity contribution in [2.24, 2.45) is 7.05 Å². The molecule has 1 aromatic carbocycles. The molecule has 0 saturated carbocycles. The highest BCUT2D eigenvalue weighted by Crippen LogP contribution is 2.31. The Balaban J connectivity index is 1.41. The van der Waals surface area contributed by atoms with Gasteiger partial charge < -0.3 is 19.7 Å². The molecule has 180 valence electrons. The van der Waals surface area contributed by atoms with E-state index in [0.29, 0.717) is 11.4 Å². The maximum atomic E-state index is 14.3. The molecule has 0 saturated heterocycles. The summed E-state index contributed by atoms with van der Waals surface area (Å²) < 4.78 is 21.2. The summed E-state index contributed by atoms with van der Waals surface area (Å²) in [5.41, 5.74) is 3.99. The lowest BCUT2D eigenvalue weighted by atomic mass is 9.94. The van der Waals surface area contributed by atoms with Crippen LogP contribution in [-0.4, -0.2) is 39.3 Å². The number of aryl methyl sites for hydroxylation is 3. The van der Waals surface area contributed by atoms with Gasteiger partial charge in [0.25, 0.3) is 0 Å². The molecular weight excluding hydrogens is 435 g/mol. The zero-order chi connectivity index (χ0) is 24.1. The second kappa shape index (κ2) is 10.7. The summed E-state index contributed by atoms with van der Waals surface area (Å²) in [6.07, 6.45) is 7.56. The Bertz CT molecular complexity index is 1160. The van der Waals surface area contributed by atoms with E-state index in [4.69, 9.17) is 9.72 Å². The van der Waals surface area contributed by atoms with Gasteiger partial charge in [-0.15, -0.1) is 0 Å². The van der Waals surface area contributed by atoms with E-state index in [0.717, 1.165) is 62.3 Å². The number of nitrogens with one attached hydrogen (secondary N) is 1. The van der Waals surface area contributed by atoms with Crippen molar-refractivity contribution in [3.63, 3.8) is 0 Å². The number of hydrogen-bond acceptors (Lipinski definition) is 5. The molecule has 1 aliphatic heterocycles. The lowest BCUT2D eigenvalue weighted by Gasteiger charge is -2.17. The van der Waals surface area contributed by atoms with Crippen LogP contribution in [0.2, 0.25) is 0 Å². The van der Waals surface area contributed by atoms with Crippen LogP contribution in [0.5, 0.6) is 5.75 Å². The van der Waals surface area contributed by atoms with Crippen LogP contribution in [0.1, 0.15) is 59.9 Å². The molecule has 3 aromatic rings. The van der Waals surface area contributed by atoms with Gasteiger partial charge in [-0.3, -0.25) is 4.79 Å². The molecule has 0 radical (unpaired) electrons. The SMILES string of the molecule is COc1ccc([C@H](CC(=O)O)c2ncc(CCCCc3ccc4c(n3)NCCC4)n2C)cc1F. The molecule has 0 unspecified atom stereocenters. The number of carboxylic acids is 1. The average molecular weight is 467 g/mol. The predicted molar refractivity (Wildman–Crippen MR) is 128 cm³/mol. The van der Waals surface area contributed by atoms with Crippen LogP contribution in [0, 0.1) is 5.82 Å². The van der Waals surface area contributed by atoms with Gasteiger partial charge in [0.15, 0.2) is 11.6 Å². The van der Waals surface area contributed by atoms with Gasteiger partial charge in [-0.2, -0.15) is 0 Å².